The Hall–Kier alpha value is -1.45. The van der Waals surface area contributed by atoms with Crippen molar-refractivity contribution in [2.75, 3.05) is 26.2 Å². The van der Waals surface area contributed by atoms with Gasteiger partial charge in [0.25, 0.3) is 0 Å². The minimum Gasteiger partial charge on any atom is -0.341 e. The molecule has 1 atom stereocenters. The lowest BCUT2D eigenvalue weighted by Gasteiger charge is -2.33. The molecule has 1 unspecified atom stereocenters. The van der Waals surface area contributed by atoms with Crippen LogP contribution >= 0.6 is 15.9 Å². The molecule has 0 bridgehead atoms. The highest BCUT2D eigenvalue weighted by Gasteiger charge is 2.34. The number of likely N-dealkylation sites (tertiary alicyclic amines) is 2. The maximum atomic E-state index is 12.7. The van der Waals surface area contributed by atoms with Crippen LogP contribution in [-0.2, 0) is 19.6 Å². The number of carbonyl (C=O) groups is 2. The molecule has 1 aromatic rings. The Morgan fingerprint density at radius 1 is 1.12 bits per heavy atom. The van der Waals surface area contributed by atoms with Crippen LogP contribution in [0, 0.1) is 0 Å². The van der Waals surface area contributed by atoms with Crippen molar-refractivity contribution >= 4 is 37.8 Å². The van der Waals surface area contributed by atoms with Gasteiger partial charge in [0.15, 0.2) is 0 Å². The Morgan fingerprint density at radius 2 is 1.77 bits per heavy atom. The van der Waals surface area contributed by atoms with Crippen LogP contribution in [0.4, 0.5) is 0 Å². The summed E-state index contributed by atoms with van der Waals surface area (Å²) in [7, 11) is -3.79. The van der Waals surface area contributed by atoms with Gasteiger partial charge in [-0.3, -0.25) is 9.59 Å². The van der Waals surface area contributed by atoms with Crippen molar-refractivity contribution in [2.45, 2.75) is 36.6 Å². The zero-order chi connectivity index (χ0) is 18.7. The molecule has 9 heteroatoms. The predicted octanol–water partition coefficient (Wildman–Crippen LogP) is 1.34. The summed E-state index contributed by atoms with van der Waals surface area (Å²) in [5.74, 6) is -0.392. The lowest BCUT2D eigenvalue weighted by Crippen LogP contribution is -2.54. The van der Waals surface area contributed by atoms with E-state index in [4.69, 9.17) is 0 Å². The molecule has 2 saturated heterocycles. The van der Waals surface area contributed by atoms with Gasteiger partial charge in [-0.1, -0.05) is 15.9 Å². The number of halogens is 1. The van der Waals surface area contributed by atoms with Crippen molar-refractivity contribution in [3.05, 3.63) is 28.7 Å². The lowest BCUT2D eigenvalue weighted by molar-refractivity contribution is -0.142. The van der Waals surface area contributed by atoms with Crippen LogP contribution in [-0.4, -0.2) is 62.3 Å². The van der Waals surface area contributed by atoms with Crippen LogP contribution in [0.5, 0.6) is 0 Å². The third kappa shape index (κ3) is 4.44. The topological polar surface area (TPSA) is 86.8 Å². The first-order valence-corrected chi connectivity index (χ1v) is 11.0. The van der Waals surface area contributed by atoms with E-state index >= 15 is 0 Å². The van der Waals surface area contributed by atoms with Crippen molar-refractivity contribution in [2.24, 2.45) is 0 Å². The van der Waals surface area contributed by atoms with Gasteiger partial charge in [-0.25, -0.2) is 8.42 Å². The molecule has 2 heterocycles. The Morgan fingerprint density at radius 3 is 2.42 bits per heavy atom. The highest BCUT2D eigenvalue weighted by Crippen LogP contribution is 2.18. The summed E-state index contributed by atoms with van der Waals surface area (Å²) in [6.45, 7) is 1.98. The van der Waals surface area contributed by atoms with Crippen LogP contribution < -0.4 is 4.72 Å². The molecule has 2 amide bonds. The van der Waals surface area contributed by atoms with E-state index in [9.17, 15) is 18.0 Å². The van der Waals surface area contributed by atoms with Gasteiger partial charge in [0.1, 0.15) is 6.04 Å². The number of hydrogen-bond donors (Lipinski definition) is 1. The van der Waals surface area contributed by atoms with Crippen LogP contribution in [0.1, 0.15) is 25.7 Å². The number of hydrogen-bond acceptors (Lipinski definition) is 4. The van der Waals surface area contributed by atoms with Gasteiger partial charge in [0.05, 0.1) is 11.4 Å². The summed E-state index contributed by atoms with van der Waals surface area (Å²) < 4.78 is 28.3. The zero-order valence-corrected chi connectivity index (χ0v) is 16.8. The molecule has 0 aliphatic carbocycles. The normalized spacial score (nSPS) is 21.3. The van der Waals surface area contributed by atoms with Gasteiger partial charge in [0, 0.05) is 24.1 Å². The van der Waals surface area contributed by atoms with E-state index in [-0.39, 0.29) is 23.3 Å². The standard InChI is InChI=1S/C17H22BrN3O4S/c18-13-5-7-14(8-6-13)26(24,25)19-15-4-3-11-21(17(15)23)12-16(22)20-9-1-2-10-20/h5-8,15,19H,1-4,9-12H2. The minimum atomic E-state index is -3.79. The van der Waals surface area contributed by atoms with E-state index in [2.05, 4.69) is 20.7 Å². The van der Waals surface area contributed by atoms with Gasteiger partial charge < -0.3 is 9.80 Å². The number of benzene rings is 1. The van der Waals surface area contributed by atoms with Crippen molar-refractivity contribution in [3.63, 3.8) is 0 Å². The molecular formula is C17H22BrN3O4S. The Bertz CT molecular complexity index is 776. The molecule has 0 radical (unpaired) electrons. The summed E-state index contributed by atoms with van der Waals surface area (Å²) in [6.07, 6.45) is 3.08. The quantitative estimate of drug-likeness (QED) is 0.743. The first kappa shape index (κ1) is 19.3. The van der Waals surface area contributed by atoms with Crippen LogP contribution in [0.2, 0.25) is 0 Å². The molecule has 7 nitrogen and oxygen atoms in total. The lowest BCUT2D eigenvalue weighted by atomic mass is 10.1. The van der Waals surface area contributed by atoms with Gasteiger partial charge in [0.2, 0.25) is 21.8 Å². The van der Waals surface area contributed by atoms with Crippen molar-refractivity contribution < 1.29 is 18.0 Å². The van der Waals surface area contributed by atoms with E-state index < -0.39 is 16.1 Å². The van der Waals surface area contributed by atoms with E-state index in [0.29, 0.717) is 19.4 Å². The van der Waals surface area contributed by atoms with E-state index in [0.717, 1.165) is 30.4 Å². The Balaban J connectivity index is 1.65. The van der Waals surface area contributed by atoms with E-state index in [1.54, 1.807) is 17.0 Å². The Labute approximate surface area is 161 Å². The maximum absolute atomic E-state index is 12.7. The van der Waals surface area contributed by atoms with Gasteiger partial charge in [-0.2, -0.15) is 4.72 Å². The van der Waals surface area contributed by atoms with E-state index in [1.807, 2.05) is 0 Å². The summed E-state index contributed by atoms with van der Waals surface area (Å²) in [4.78, 5) is 28.3. The highest BCUT2D eigenvalue weighted by atomic mass is 79.9. The molecule has 0 saturated carbocycles. The summed E-state index contributed by atoms with van der Waals surface area (Å²) in [5, 5.41) is 0. The largest absolute Gasteiger partial charge is 0.341 e. The van der Waals surface area contributed by atoms with Crippen molar-refractivity contribution in [1.29, 1.82) is 0 Å². The maximum Gasteiger partial charge on any atom is 0.242 e. The molecule has 26 heavy (non-hydrogen) atoms. The first-order valence-electron chi connectivity index (χ1n) is 8.71. The molecule has 1 aromatic carbocycles. The summed E-state index contributed by atoms with van der Waals surface area (Å²) in [5.41, 5.74) is 0. The number of nitrogens with one attached hydrogen (secondary N) is 1. The zero-order valence-electron chi connectivity index (χ0n) is 14.4. The highest BCUT2D eigenvalue weighted by molar-refractivity contribution is 9.10. The van der Waals surface area contributed by atoms with Gasteiger partial charge in [-0.15, -0.1) is 0 Å². The number of sulfonamides is 1. The number of rotatable bonds is 5. The monoisotopic (exact) mass is 443 g/mol. The second-order valence-corrected chi connectivity index (χ2v) is 9.25. The Kier molecular flexibility index (Phi) is 5.99. The summed E-state index contributed by atoms with van der Waals surface area (Å²) in [6, 6.07) is 5.41. The fourth-order valence-corrected chi connectivity index (χ4v) is 4.79. The molecule has 0 spiro atoms. The van der Waals surface area contributed by atoms with Gasteiger partial charge in [-0.05, 0) is 49.9 Å². The smallest absolute Gasteiger partial charge is 0.242 e. The average Bonchev–Trinajstić information content (AvgIpc) is 3.13. The molecule has 3 rings (SSSR count). The minimum absolute atomic E-state index is 0.0232. The molecule has 2 aliphatic heterocycles. The SMILES string of the molecule is O=C(CN1CCCC(NS(=O)(=O)c2ccc(Br)cc2)C1=O)N1CCCC1. The first-order chi connectivity index (χ1) is 12.4. The summed E-state index contributed by atoms with van der Waals surface area (Å²) >= 11 is 3.27. The molecule has 2 aliphatic rings. The molecule has 1 N–H and O–H groups in total. The fourth-order valence-electron chi connectivity index (χ4n) is 3.31. The third-order valence-electron chi connectivity index (χ3n) is 4.74. The fraction of sp³-hybridized carbons (Fsp3) is 0.529. The van der Waals surface area contributed by atoms with Crippen LogP contribution in [0.25, 0.3) is 0 Å². The van der Waals surface area contributed by atoms with Crippen LogP contribution in [0.15, 0.2) is 33.6 Å². The number of carbonyl (C=O) groups excluding carboxylic acids is 2. The molecule has 142 valence electrons. The predicted molar refractivity (Wildman–Crippen MR) is 99.9 cm³/mol. The van der Waals surface area contributed by atoms with E-state index in [1.165, 1.54) is 17.0 Å². The van der Waals surface area contributed by atoms with Crippen LogP contribution in [0.3, 0.4) is 0 Å². The third-order valence-corrected chi connectivity index (χ3v) is 6.75. The number of piperidine rings is 1. The van der Waals surface area contributed by atoms with Gasteiger partial charge >= 0.3 is 0 Å². The van der Waals surface area contributed by atoms with Crippen molar-refractivity contribution in [1.82, 2.24) is 14.5 Å². The number of nitrogens with zero attached hydrogens (tertiary/aromatic N) is 2. The second kappa shape index (κ2) is 8.06. The molecule has 0 aromatic heterocycles. The number of amides is 2. The molecular weight excluding hydrogens is 422 g/mol. The second-order valence-electron chi connectivity index (χ2n) is 6.62. The average molecular weight is 444 g/mol. The van der Waals surface area contributed by atoms with Crippen molar-refractivity contribution in [3.8, 4) is 0 Å². The molecule has 2 fully saturated rings.